The van der Waals surface area contributed by atoms with E-state index in [9.17, 15) is 9.90 Å². The SMILES string of the molecule is O=c1cccc2n1C[C@H]1C[C@H]2CN(CC(O)Cc2ccccc2)C1. The summed E-state index contributed by atoms with van der Waals surface area (Å²) < 4.78 is 1.95. The Morgan fingerprint density at radius 1 is 1.04 bits per heavy atom. The van der Waals surface area contributed by atoms with Crippen molar-refractivity contribution in [1.82, 2.24) is 9.47 Å². The number of fused-ring (bicyclic) bond motifs is 4. The van der Waals surface area contributed by atoms with Gasteiger partial charge in [-0.05, 0) is 30.4 Å². The molecular weight excluding hydrogens is 300 g/mol. The van der Waals surface area contributed by atoms with Crippen LogP contribution in [0, 0.1) is 5.92 Å². The lowest BCUT2D eigenvalue weighted by atomic mass is 9.83. The molecule has 0 saturated carbocycles. The van der Waals surface area contributed by atoms with Gasteiger partial charge in [-0.3, -0.25) is 9.69 Å². The molecular formula is C20H24N2O2. The highest BCUT2D eigenvalue weighted by molar-refractivity contribution is 5.18. The third kappa shape index (κ3) is 3.17. The Labute approximate surface area is 142 Å². The summed E-state index contributed by atoms with van der Waals surface area (Å²) in [7, 11) is 0. The quantitative estimate of drug-likeness (QED) is 0.934. The van der Waals surface area contributed by atoms with Gasteiger partial charge >= 0.3 is 0 Å². The molecule has 4 heteroatoms. The predicted octanol–water partition coefficient (Wildman–Crippen LogP) is 1.87. The predicted molar refractivity (Wildman–Crippen MR) is 94.1 cm³/mol. The number of β-amino-alcohol motifs (C(OH)–C–C–N with tert-alkyl or cyclic N) is 1. The Hall–Kier alpha value is -1.91. The van der Waals surface area contributed by atoms with Gasteiger partial charge in [0.25, 0.3) is 5.56 Å². The van der Waals surface area contributed by atoms with Gasteiger partial charge in [0.05, 0.1) is 6.10 Å². The normalized spacial score (nSPS) is 24.4. The van der Waals surface area contributed by atoms with Crippen LogP contribution in [0.4, 0.5) is 0 Å². The number of hydrogen-bond donors (Lipinski definition) is 1. The highest BCUT2D eigenvalue weighted by Gasteiger charge is 2.34. The molecule has 2 bridgehead atoms. The summed E-state index contributed by atoms with van der Waals surface area (Å²) in [5.74, 6) is 0.926. The van der Waals surface area contributed by atoms with Gasteiger partial charge in [0, 0.05) is 43.9 Å². The van der Waals surface area contributed by atoms with Crippen LogP contribution in [0.3, 0.4) is 0 Å². The van der Waals surface area contributed by atoms with Crippen molar-refractivity contribution in [3.8, 4) is 0 Å². The minimum Gasteiger partial charge on any atom is -0.391 e. The molecule has 24 heavy (non-hydrogen) atoms. The maximum atomic E-state index is 12.1. The molecule has 0 aliphatic carbocycles. The van der Waals surface area contributed by atoms with E-state index in [0.717, 1.165) is 26.1 Å². The van der Waals surface area contributed by atoms with Crippen LogP contribution in [0.15, 0.2) is 53.3 Å². The van der Waals surface area contributed by atoms with Crippen molar-refractivity contribution in [3.05, 3.63) is 70.1 Å². The number of likely N-dealkylation sites (tertiary alicyclic amines) is 1. The molecule has 0 radical (unpaired) electrons. The van der Waals surface area contributed by atoms with Crippen molar-refractivity contribution in [3.63, 3.8) is 0 Å². The molecule has 2 aliphatic rings. The molecule has 126 valence electrons. The first-order valence-corrected chi connectivity index (χ1v) is 8.83. The van der Waals surface area contributed by atoms with Crippen molar-refractivity contribution in [2.75, 3.05) is 19.6 Å². The van der Waals surface area contributed by atoms with Crippen molar-refractivity contribution >= 4 is 0 Å². The molecule has 1 aromatic heterocycles. The van der Waals surface area contributed by atoms with Crippen LogP contribution in [-0.2, 0) is 13.0 Å². The molecule has 4 rings (SSSR count). The fourth-order valence-electron chi connectivity index (χ4n) is 4.39. The number of nitrogens with zero attached hydrogens (tertiary/aromatic N) is 2. The summed E-state index contributed by atoms with van der Waals surface area (Å²) in [6.07, 6.45) is 1.52. The monoisotopic (exact) mass is 324 g/mol. The van der Waals surface area contributed by atoms with Gasteiger partial charge in [-0.25, -0.2) is 0 Å². The topological polar surface area (TPSA) is 45.5 Å². The molecule has 4 nitrogen and oxygen atoms in total. The van der Waals surface area contributed by atoms with Gasteiger partial charge in [-0.2, -0.15) is 0 Å². The average molecular weight is 324 g/mol. The van der Waals surface area contributed by atoms with E-state index in [0.29, 0.717) is 24.8 Å². The highest BCUT2D eigenvalue weighted by Crippen LogP contribution is 2.34. The summed E-state index contributed by atoms with van der Waals surface area (Å²) in [6.45, 7) is 3.44. The zero-order valence-corrected chi connectivity index (χ0v) is 13.8. The molecule has 1 N–H and O–H groups in total. The number of piperidine rings is 1. The average Bonchev–Trinajstić information content (AvgIpc) is 2.56. The number of rotatable bonds is 4. The summed E-state index contributed by atoms with van der Waals surface area (Å²) in [4.78, 5) is 14.4. The molecule has 1 fully saturated rings. The molecule has 3 atom stereocenters. The summed E-state index contributed by atoms with van der Waals surface area (Å²) in [5.41, 5.74) is 2.47. The molecule has 1 unspecified atom stereocenters. The molecule has 1 aromatic carbocycles. The molecule has 2 aromatic rings. The lowest BCUT2D eigenvalue weighted by Crippen LogP contribution is -2.49. The number of aliphatic hydroxyl groups excluding tert-OH is 1. The van der Waals surface area contributed by atoms with Crippen LogP contribution in [0.2, 0.25) is 0 Å². The number of pyridine rings is 1. The Morgan fingerprint density at radius 2 is 1.88 bits per heavy atom. The minimum absolute atomic E-state index is 0.125. The zero-order valence-electron chi connectivity index (χ0n) is 13.8. The third-order valence-corrected chi connectivity index (χ3v) is 5.34. The maximum absolute atomic E-state index is 12.1. The van der Waals surface area contributed by atoms with Crippen LogP contribution >= 0.6 is 0 Å². The second-order valence-corrected chi connectivity index (χ2v) is 7.26. The van der Waals surface area contributed by atoms with Crippen molar-refractivity contribution in [2.45, 2.75) is 31.4 Å². The van der Waals surface area contributed by atoms with Crippen LogP contribution in [-0.4, -0.2) is 40.3 Å². The molecule has 2 aliphatic heterocycles. The van der Waals surface area contributed by atoms with E-state index >= 15 is 0 Å². The number of aromatic nitrogens is 1. The Kier molecular flexibility index (Phi) is 4.25. The summed E-state index contributed by atoms with van der Waals surface area (Å²) in [6, 6.07) is 15.8. The lowest BCUT2D eigenvalue weighted by molar-refractivity contribution is 0.0626. The van der Waals surface area contributed by atoms with Gasteiger partial charge in [0.1, 0.15) is 0 Å². The Bertz CT molecular complexity index is 756. The molecule has 1 saturated heterocycles. The number of benzene rings is 1. The smallest absolute Gasteiger partial charge is 0.250 e. The van der Waals surface area contributed by atoms with Crippen LogP contribution in [0.5, 0.6) is 0 Å². The second kappa shape index (κ2) is 6.54. The van der Waals surface area contributed by atoms with Crippen LogP contribution < -0.4 is 5.56 Å². The first-order chi connectivity index (χ1) is 11.7. The van der Waals surface area contributed by atoms with Crippen molar-refractivity contribution in [2.24, 2.45) is 5.92 Å². The number of aliphatic hydroxyl groups is 1. The second-order valence-electron chi connectivity index (χ2n) is 7.26. The van der Waals surface area contributed by atoms with Crippen molar-refractivity contribution in [1.29, 1.82) is 0 Å². The first-order valence-electron chi connectivity index (χ1n) is 8.83. The van der Waals surface area contributed by atoms with Crippen LogP contribution in [0.1, 0.15) is 23.6 Å². The van der Waals surface area contributed by atoms with E-state index in [1.165, 1.54) is 11.3 Å². The van der Waals surface area contributed by atoms with Gasteiger partial charge in [0.2, 0.25) is 0 Å². The fourth-order valence-corrected chi connectivity index (χ4v) is 4.39. The van der Waals surface area contributed by atoms with Crippen molar-refractivity contribution < 1.29 is 5.11 Å². The Balaban J connectivity index is 1.43. The highest BCUT2D eigenvalue weighted by atomic mass is 16.3. The summed E-state index contributed by atoms with van der Waals surface area (Å²) in [5, 5.41) is 10.5. The lowest BCUT2D eigenvalue weighted by Gasteiger charge is -2.43. The Morgan fingerprint density at radius 3 is 2.71 bits per heavy atom. The van der Waals surface area contributed by atoms with Gasteiger partial charge in [-0.1, -0.05) is 36.4 Å². The van der Waals surface area contributed by atoms with E-state index in [2.05, 4.69) is 23.1 Å². The zero-order chi connectivity index (χ0) is 16.5. The molecule has 3 heterocycles. The largest absolute Gasteiger partial charge is 0.391 e. The van der Waals surface area contributed by atoms with E-state index < -0.39 is 0 Å². The van der Waals surface area contributed by atoms with Gasteiger partial charge in [0.15, 0.2) is 0 Å². The van der Waals surface area contributed by atoms with E-state index in [1.807, 2.05) is 28.8 Å². The summed E-state index contributed by atoms with van der Waals surface area (Å²) >= 11 is 0. The van der Waals surface area contributed by atoms with E-state index in [1.54, 1.807) is 6.07 Å². The maximum Gasteiger partial charge on any atom is 0.250 e. The van der Waals surface area contributed by atoms with E-state index in [4.69, 9.17) is 0 Å². The number of hydrogen-bond acceptors (Lipinski definition) is 3. The minimum atomic E-state index is -0.343. The fraction of sp³-hybridized carbons (Fsp3) is 0.450. The van der Waals surface area contributed by atoms with Crippen LogP contribution in [0.25, 0.3) is 0 Å². The standard InChI is InChI=1S/C20H24N2O2/c23-18(10-15-5-2-1-3-6-15)14-21-11-16-9-17(13-21)19-7-4-8-20(24)22(19)12-16/h1-8,16-18,23H,9-14H2/t16-,17-,18?/m0/s1. The van der Waals surface area contributed by atoms with Gasteiger partial charge in [-0.15, -0.1) is 0 Å². The first kappa shape index (κ1) is 15.6. The van der Waals surface area contributed by atoms with E-state index in [-0.39, 0.29) is 11.7 Å². The molecule has 0 spiro atoms. The van der Waals surface area contributed by atoms with Gasteiger partial charge < -0.3 is 9.67 Å². The molecule has 0 amide bonds. The third-order valence-electron chi connectivity index (χ3n) is 5.34.